The lowest BCUT2D eigenvalue weighted by Crippen LogP contribution is -2.31. The molecule has 0 saturated carbocycles. The minimum absolute atomic E-state index is 0.247. The predicted molar refractivity (Wildman–Crippen MR) is 127 cm³/mol. The fourth-order valence-corrected chi connectivity index (χ4v) is 4.75. The summed E-state index contributed by atoms with van der Waals surface area (Å²) in [5, 5.41) is 0.628. The standard InChI is InChI=1S/C26H22ClNO2S/c1-16-4-7-19(8-5-16)15-28-25(29)23(22-13-6-17(2)14-18(22)3)24(26(28)30)31-21-11-9-20(27)10-12-21/h4-14H,15H2,1-3H3. The summed E-state index contributed by atoms with van der Waals surface area (Å²) in [6, 6.07) is 21.1. The van der Waals surface area contributed by atoms with Gasteiger partial charge in [-0.05, 0) is 61.7 Å². The minimum Gasteiger partial charge on any atom is -0.269 e. The van der Waals surface area contributed by atoms with Crippen molar-refractivity contribution in [3.8, 4) is 0 Å². The number of thioether (sulfide) groups is 1. The highest BCUT2D eigenvalue weighted by Gasteiger charge is 2.39. The van der Waals surface area contributed by atoms with Crippen LogP contribution in [0.25, 0.3) is 5.57 Å². The Kier molecular flexibility index (Phi) is 6.03. The lowest BCUT2D eigenvalue weighted by Gasteiger charge is -2.16. The highest BCUT2D eigenvalue weighted by atomic mass is 35.5. The monoisotopic (exact) mass is 447 g/mol. The second kappa shape index (κ2) is 8.74. The van der Waals surface area contributed by atoms with Gasteiger partial charge in [0.1, 0.15) is 0 Å². The number of imide groups is 1. The summed E-state index contributed by atoms with van der Waals surface area (Å²) in [5.74, 6) is -0.519. The van der Waals surface area contributed by atoms with Crippen LogP contribution in [0.3, 0.4) is 0 Å². The van der Waals surface area contributed by atoms with E-state index in [1.165, 1.54) is 16.7 Å². The molecule has 31 heavy (non-hydrogen) atoms. The lowest BCUT2D eigenvalue weighted by molar-refractivity contribution is -0.137. The predicted octanol–water partition coefficient (Wildman–Crippen LogP) is 6.34. The molecule has 0 spiro atoms. The van der Waals surface area contributed by atoms with Crippen molar-refractivity contribution in [3.63, 3.8) is 0 Å². The Hall–Kier alpha value is -2.82. The van der Waals surface area contributed by atoms with Gasteiger partial charge in [0.05, 0.1) is 17.0 Å². The summed E-state index contributed by atoms with van der Waals surface area (Å²) < 4.78 is 0. The average Bonchev–Trinajstić information content (AvgIpc) is 2.96. The topological polar surface area (TPSA) is 37.4 Å². The molecule has 1 heterocycles. The normalized spacial score (nSPS) is 14.0. The van der Waals surface area contributed by atoms with Crippen molar-refractivity contribution in [2.45, 2.75) is 32.2 Å². The molecular weight excluding hydrogens is 426 g/mol. The van der Waals surface area contributed by atoms with Crippen LogP contribution in [0.5, 0.6) is 0 Å². The van der Waals surface area contributed by atoms with E-state index < -0.39 is 0 Å². The maximum absolute atomic E-state index is 13.5. The zero-order chi connectivity index (χ0) is 22.1. The molecule has 3 aromatic carbocycles. The van der Waals surface area contributed by atoms with E-state index in [0.29, 0.717) is 15.5 Å². The van der Waals surface area contributed by atoms with Gasteiger partial charge in [0.25, 0.3) is 11.8 Å². The SMILES string of the molecule is Cc1ccc(CN2C(=O)C(Sc3ccc(Cl)cc3)=C(c3ccc(C)cc3C)C2=O)cc1. The quantitative estimate of drug-likeness (QED) is 0.428. The van der Waals surface area contributed by atoms with Gasteiger partial charge < -0.3 is 0 Å². The van der Waals surface area contributed by atoms with E-state index in [9.17, 15) is 9.59 Å². The van der Waals surface area contributed by atoms with Crippen molar-refractivity contribution < 1.29 is 9.59 Å². The molecule has 3 aromatic rings. The number of rotatable bonds is 5. The Labute approximate surface area is 191 Å². The number of carbonyl (C=O) groups excluding carboxylic acids is 2. The molecule has 0 fully saturated rings. The van der Waals surface area contributed by atoms with Crippen molar-refractivity contribution in [3.05, 3.63) is 104 Å². The van der Waals surface area contributed by atoms with Gasteiger partial charge in [0, 0.05) is 9.92 Å². The number of aryl methyl sites for hydroxylation is 3. The number of carbonyl (C=O) groups is 2. The largest absolute Gasteiger partial charge is 0.269 e. The first-order valence-corrected chi connectivity index (χ1v) is 11.2. The summed E-state index contributed by atoms with van der Waals surface area (Å²) in [6.07, 6.45) is 0. The van der Waals surface area contributed by atoms with Gasteiger partial charge in [-0.1, -0.05) is 77.0 Å². The van der Waals surface area contributed by atoms with Gasteiger partial charge in [-0.2, -0.15) is 0 Å². The van der Waals surface area contributed by atoms with Crippen LogP contribution >= 0.6 is 23.4 Å². The second-order valence-corrected chi connectivity index (χ2v) is 9.28. The van der Waals surface area contributed by atoms with E-state index in [2.05, 4.69) is 0 Å². The van der Waals surface area contributed by atoms with E-state index >= 15 is 0 Å². The van der Waals surface area contributed by atoms with Gasteiger partial charge in [-0.25, -0.2) is 0 Å². The fraction of sp³-hybridized carbons (Fsp3) is 0.154. The van der Waals surface area contributed by atoms with Gasteiger partial charge in [0.15, 0.2) is 0 Å². The first kappa shape index (κ1) is 21.4. The Bertz CT molecular complexity index is 1200. The third kappa shape index (κ3) is 4.46. The van der Waals surface area contributed by atoms with Crippen LogP contribution in [-0.2, 0) is 16.1 Å². The summed E-state index contributed by atoms with van der Waals surface area (Å²) in [5.41, 5.74) is 5.41. The summed E-state index contributed by atoms with van der Waals surface area (Å²) in [6.45, 7) is 6.24. The maximum Gasteiger partial charge on any atom is 0.268 e. The Morgan fingerprint density at radius 2 is 1.45 bits per heavy atom. The van der Waals surface area contributed by atoms with E-state index in [0.717, 1.165) is 32.7 Å². The smallest absolute Gasteiger partial charge is 0.268 e. The molecule has 0 aliphatic carbocycles. The van der Waals surface area contributed by atoms with Crippen LogP contribution in [0.4, 0.5) is 0 Å². The molecule has 0 aromatic heterocycles. The van der Waals surface area contributed by atoms with Crippen molar-refractivity contribution in [2.24, 2.45) is 0 Å². The highest BCUT2D eigenvalue weighted by Crippen LogP contribution is 2.41. The van der Waals surface area contributed by atoms with Crippen LogP contribution in [0.15, 0.2) is 76.5 Å². The summed E-state index contributed by atoms with van der Waals surface area (Å²) in [4.78, 5) is 29.6. The first-order valence-electron chi connectivity index (χ1n) is 10.0. The molecule has 3 nitrogen and oxygen atoms in total. The van der Waals surface area contributed by atoms with E-state index in [1.54, 1.807) is 12.1 Å². The molecular formula is C26H22ClNO2S. The molecule has 1 aliphatic heterocycles. The Morgan fingerprint density at radius 1 is 0.806 bits per heavy atom. The number of hydrogen-bond donors (Lipinski definition) is 0. The van der Waals surface area contributed by atoms with E-state index in [-0.39, 0.29) is 18.4 Å². The fourth-order valence-electron chi connectivity index (χ4n) is 3.62. The molecule has 0 bridgehead atoms. The lowest BCUT2D eigenvalue weighted by atomic mass is 9.99. The number of hydrogen-bond acceptors (Lipinski definition) is 3. The van der Waals surface area contributed by atoms with Gasteiger partial charge in [-0.3, -0.25) is 14.5 Å². The van der Waals surface area contributed by atoms with Gasteiger partial charge in [0.2, 0.25) is 0 Å². The van der Waals surface area contributed by atoms with Crippen molar-refractivity contribution >= 4 is 40.8 Å². The molecule has 0 atom stereocenters. The molecule has 0 N–H and O–H groups in total. The number of halogens is 1. The summed E-state index contributed by atoms with van der Waals surface area (Å²) >= 11 is 7.33. The average molecular weight is 448 g/mol. The number of nitrogens with zero attached hydrogens (tertiary/aromatic N) is 1. The number of amides is 2. The molecule has 156 valence electrons. The molecule has 1 aliphatic rings. The maximum atomic E-state index is 13.5. The van der Waals surface area contributed by atoms with Crippen molar-refractivity contribution in [2.75, 3.05) is 0 Å². The Morgan fingerprint density at radius 3 is 2.10 bits per heavy atom. The third-order valence-corrected chi connectivity index (χ3v) is 6.61. The van der Waals surface area contributed by atoms with Gasteiger partial charge >= 0.3 is 0 Å². The zero-order valence-corrected chi connectivity index (χ0v) is 19.2. The first-order chi connectivity index (χ1) is 14.8. The van der Waals surface area contributed by atoms with Crippen LogP contribution in [-0.4, -0.2) is 16.7 Å². The van der Waals surface area contributed by atoms with Crippen LogP contribution in [0, 0.1) is 20.8 Å². The molecule has 0 saturated heterocycles. The van der Waals surface area contributed by atoms with Crippen LogP contribution in [0.1, 0.15) is 27.8 Å². The molecule has 0 unspecified atom stereocenters. The zero-order valence-electron chi connectivity index (χ0n) is 17.6. The molecule has 4 rings (SSSR count). The third-order valence-electron chi connectivity index (χ3n) is 5.27. The second-order valence-electron chi connectivity index (χ2n) is 7.76. The molecule has 5 heteroatoms. The van der Waals surface area contributed by atoms with Crippen LogP contribution in [0.2, 0.25) is 5.02 Å². The van der Waals surface area contributed by atoms with Crippen LogP contribution < -0.4 is 0 Å². The van der Waals surface area contributed by atoms with Crippen molar-refractivity contribution in [1.82, 2.24) is 4.90 Å². The van der Waals surface area contributed by atoms with E-state index in [1.807, 2.05) is 75.4 Å². The number of benzene rings is 3. The van der Waals surface area contributed by atoms with Crippen molar-refractivity contribution in [1.29, 1.82) is 0 Å². The minimum atomic E-state index is -0.263. The molecule has 0 radical (unpaired) electrons. The van der Waals surface area contributed by atoms with E-state index in [4.69, 9.17) is 11.6 Å². The summed E-state index contributed by atoms with van der Waals surface area (Å²) in [7, 11) is 0. The highest BCUT2D eigenvalue weighted by molar-refractivity contribution is 8.04. The Balaban J connectivity index is 1.76. The molecule has 2 amide bonds. The van der Waals surface area contributed by atoms with Gasteiger partial charge in [-0.15, -0.1) is 0 Å².